The number of anilines is 1. The fourth-order valence-corrected chi connectivity index (χ4v) is 4.09. The summed E-state index contributed by atoms with van der Waals surface area (Å²) in [5.74, 6) is -0.182. The summed E-state index contributed by atoms with van der Waals surface area (Å²) in [6.07, 6.45) is 3.24. The molecule has 3 rings (SSSR count). The Labute approximate surface area is 175 Å². The zero-order chi connectivity index (χ0) is 21.0. The van der Waals surface area contributed by atoms with Crippen LogP contribution in [0.3, 0.4) is 0 Å². The Morgan fingerprint density at radius 3 is 3.00 bits per heavy atom. The van der Waals surface area contributed by atoms with E-state index in [-0.39, 0.29) is 18.1 Å². The maximum Gasteiger partial charge on any atom is 0.251 e. The van der Waals surface area contributed by atoms with E-state index in [9.17, 15) is 15.2 Å². The second-order valence-corrected chi connectivity index (χ2v) is 8.34. The van der Waals surface area contributed by atoms with Gasteiger partial charge in [-0.1, -0.05) is 0 Å². The number of nitrogens with one attached hydrogen (secondary N) is 1. The molecule has 0 bridgehead atoms. The first kappa shape index (κ1) is 21.4. The zero-order valence-corrected chi connectivity index (χ0v) is 17.6. The molecule has 1 saturated heterocycles. The van der Waals surface area contributed by atoms with E-state index in [4.69, 9.17) is 4.74 Å². The number of hydrogen-bond donors (Lipinski definition) is 2. The molecule has 0 aliphatic carbocycles. The third-order valence-electron chi connectivity index (χ3n) is 4.98. The highest BCUT2D eigenvalue weighted by Gasteiger charge is 2.32. The molecule has 1 unspecified atom stereocenters. The molecule has 2 aromatic rings. The van der Waals surface area contributed by atoms with Gasteiger partial charge in [-0.2, -0.15) is 5.26 Å². The predicted molar refractivity (Wildman–Crippen MR) is 115 cm³/mol. The summed E-state index contributed by atoms with van der Waals surface area (Å²) in [6, 6.07) is 9.50. The standard InChI is InChI=1S/C21H26N4O3S/c1-13(9-19(26)29-3)24-21(27)18-12-25(11-14(2)28-18)17-7-6-15(10-22)20-16(17)5-4-8-23-20/h4-8,13-14,18-19,26H,9,11-12H2,1-3H3,(H,24,27)/t13-,14+,18+,19?/m0/s1. The smallest absolute Gasteiger partial charge is 0.251 e. The molecule has 29 heavy (non-hydrogen) atoms. The van der Waals surface area contributed by atoms with E-state index < -0.39 is 11.5 Å². The van der Waals surface area contributed by atoms with Gasteiger partial charge >= 0.3 is 0 Å². The van der Waals surface area contributed by atoms with Crippen LogP contribution < -0.4 is 10.2 Å². The molecular weight excluding hydrogens is 388 g/mol. The van der Waals surface area contributed by atoms with Crippen LogP contribution in [-0.2, 0) is 9.53 Å². The maximum atomic E-state index is 12.8. The van der Waals surface area contributed by atoms with E-state index in [0.717, 1.165) is 11.1 Å². The predicted octanol–water partition coefficient (Wildman–Crippen LogP) is 2.28. The van der Waals surface area contributed by atoms with Crippen molar-refractivity contribution in [1.29, 1.82) is 5.26 Å². The van der Waals surface area contributed by atoms with Gasteiger partial charge in [0.05, 0.1) is 23.7 Å². The minimum Gasteiger partial charge on any atom is -0.382 e. The number of nitriles is 1. The molecular formula is C21H26N4O3S. The second kappa shape index (κ2) is 9.44. The van der Waals surface area contributed by atoms with E-state index in [0.29, 0.717) is 30.6 Å². The summed E-state index contributed by atoms with van der Waals surface area (Å²) in [5, 5.41) is 23.0. The first-order chi connectivity index (χ1) is 13.9. The number of aromatic nitrogens is 1. The van der Waals surface area contributed by atoms with Crippen molar-refractivity contribution in [2.45, 2.75) is 44.0 Å². The number of amides is 1. The molecule has 2 N–H and O–H groups in total. The Balaban J connectivity index is 1.79. The third kappa shape index (κ3) is 4.99. The molecule has 2 heterocycles. The molecule has 0 spiro atoms. The summed E-state index contributed by atoms with van der Waals surface area (Å²) < 4.78 is 5.90. The number of fused-ring (bicyclic) bond motifs is 1. The largest absolute Gasteiger partial charge is 0.382 e. The lowest BCUT2D eigenvalue weighted by atomic mass is 10.1. The summed E-state index contributed by atoms with van der Waals surface area (Å²) in [7, 11) is 0. The number of ether oxygens (including phenoxy) is 1. The first-order valence-corrected chi connectivity index (χ1v) is 10.9. The molecule has 4 atom stereocenters. The highest BCUT2D eigenvalue weighted by molar-refractivity contribution is 7.99. The van der Waals surface area contributed by atoms with Gasteiger partial charge in [0.25, 0.3) is 5.91 Å². The Morgan fingerprint density at radius 1 is 1.48 bits per heavy atom. The van der Waals surface area contributed by atoms with Crippen molar-refractivity contribution in [2.24, 2.45) is 0 Å². The van der Waals surface area contributed by atoms with Gasteiger partial charge in [0.2, 0.25) is 0 Å². The van der Waals surface area contributed by atoms with Gasteiger partial charge in [0, 0.05) is 36.3 Å². The normalized spacial score (nSPS) is 21.4. The average Bonchev–Trinajstić information content (AvgIpc) is 2.72. The molecule has 1 fully saturated rings. The molecule has 1 aromatic carbocycles. The Morgan fingerprint density at radius 2 is 2.28 bits per heavy atom. The molecule has 0 radical (unpaired) electrons. The summed E-state index contributed by atoms with van der Waals surface area (Å²) in [6.45, 7) is 4.86. The number of rotatable bonds is 6. The number of nitrogens with zero attached hydrogens (tertiary/aromatic N) is 3. The van der Waals surface area contributed by atoms with Crippen LogP contribution in [0.15, 0.2) is 30.5 Å². The molecule has 1 aromatic heterocycles. The minimum absolute atomic E-state index is 0.131. The molecule has 7 nitrogen and oxygen atoms in total. The second-order valence-electron chi connectivity index (χ2n) is 7.32. The van der Waals surface area contributed by atoms with E-state index >= 15 is 0 Å². The number of morpholine rings is 1. The van der Waals surface area contributed by atoms with Crippen molar-refractivity contribution in [3.05, 3.63) is 36.0 Å². The van der Waals surface area contributed by atoms with Crippen LogP contribution >= 0.6 is 11.8 Å². The van der Waals surface area contributed by atoms with Crippen LogP contribution in [-0.4, -0.2) is 59.0 Å². The van der Waals surface area contributed by atoms with E-state index in [1.54, 1.807) is 12.3 Å². The summed E-state index contributed by atoms with van der Waals surface area (Å²) in [4.78, 5) is 19.2. The number of pyridine rings is 1. The van der Waals surface area contributed by atoms with Crippen molar-refractivity contribution in [2.75, 3.05) is 24.2 Å². The lowest BCUT2D eigenvalue weighted by Gasteiger charge is -2.38. The highest BCUT2D eigenvalue weighted by Crippen LogP contribution is 2.30. The Bertz CT molecular complexity index is 916. The van der Waals surface area contributed by atoms with Crippen LogP contribution in [0.25, 0.3) is 10.9 Å². The maximum absolute atomic E-state index is 12.8. The van der Waals surface area contributed by atoms with E-state index in [1.807, 2.05) is 38.3 Å². The van der Waals surface area contributed by atoms with Crippen molar-refractivity contribution < 1.29 is 14.6 Å². The van der Waals surface area contributed by atoms with Gasteiger partial charge in [0.1, 0.15) is 11.5 Å². The summed E-state index contributed by atoms with van der Waals surface area (Å²) >= 11 is 1.35. The molecule has 1 aliphatic rings. The van der Waals surface area contributed by atoms with Gasteiger partial charge in [-0.05, 0) is 44.4 Å². The van der Waals surface area contributed by atoms with Gasteiger partial charge < -0.3 is 20.1 Å². The van der Waals surface area contributed by atoms with Crippen molar-refractivity contribution in [1.82, 2.24) is 10.3 Å². The molecule has 1 aliphatic heterocycles. The number of thioether (sulfide) groups is 1. The number of hydrogen-bond acceptors (Lipinski definition) is 7. The van der Waals surface area contributed by atoms with Gasteiger partial charge in [-0.15, -0.1) is 11.8 Å². The number of carbonyl (C=O) groups is 1. The third-order valence-corrected chi connectivity index (χ3v) is 5.71. The van der Waals surface area contributed by atoms with Gasteiger partial charge in [-0.25, -0.2) is 0 Å². The van der Waals surface area contributed by atoms with Crippen molar-refractivity contribution in [3.8, 4) is 6.07 Å². The summed E-state index contributed by atoms with van der Waals surface area (Å²) in [5.41, 5.74) is 1.62. The zero-order valence-electron chi connectivity index (χ0n) is 16.8. The van der Waals surface area contributed by atoms with Crippen LogP contribution in [0, 0.1) is 11.3 Å². The van der Waals surface area contributed by atoms with Crippen LogP contribution in [0.1, 0.15) is 25.8 Å². The average molecular weight is 415 g/mol. The lowest BCUT2D eigenvalue weighted by Crippen LogP contribution is -2.54. The number of benzene rings is 1. The topological polar surface area (TPSA) is 98.5 Å². The molecule has 8 heteroatoms. The van der Waals surface area contributed by atoms with Gasteiger partial charge in [0.15, 0.2) is 6.10 Å². The molecule has 0 saturated carbocycles. The fourth-order valence-electron chi connectivity index (χ4n) is 3.61. The van der Waals surface area contributed by atoms with E-state index in [2.05, 4.69) is 21.3 Å². The van der Waals surface area contributed by atoms with Crippen molar-refractivity contribution in [3.63, 3.8) is 0 Å². The van der Waals surface area contributed by atoms with Crippen LogP contribution in [0.5, 0.6) is 0 Å². The van der Waals surface area contributed by atoms with Crippen molar-refractivity contribution >= 4 is 34.3 Å². The first-order valence-electron chi connectivity index (χ1n) is 9.62. The SMILES string of the molecule is CSC(O)C[C@H](C)NC(=O)[C@H]1CN(c2ccc(C#N)c3ncccc23)C[C@@H](C)O1. The number of carbonyl (C=O) groups excluding carboxylic acids is 1. The Kier molecular flexibility index (Phi) is 6.96. The highest BCUT2D eigenvalue weighted by atomic mass is 32.2. The number of aliphatic hydroxyl groups is 1. The number of aliphatic hydroxyl groups excluding tert-OH is 1. The van der Waals surface area contributed by atoms with E-state index in [1.165, 1.54) is 11.8 Å². The lowest BCUT2D eigenvalue weighted by molar-refractivity contribution is -0.138. The fraction of sp³-hybridized carbons (Fsp3) is 0.476. The minimum atomic E-state index is -0.616. The van der Waals surface area contributed by atoms with Crippen LogP contribution in [0.2, 0.25) is 0 Å². The van der Waals surface area contributed by atoms with Crippen LogP contribution in [0.4, 0.5) is 5.69 Å². The Hall–Kier alpha value is -2.34. The van der Waals surface area contributed by atoms with Gasteiger partial charge in [-0.3, -0.25) is 9.78 Å². The molecule has 154 valence electrons. The quantitative estimate of drug-likeness (QED) is 0.700. The molecule has 1 amide bonds. The monoisotopic (exact) mass is 414 g/mol.